The number of carbonyl (C=O) groups excluding carboxylic acids is 1. The number of aliphatic imine (C=N–C) groups is 1. The van der Waals surface area contributed by atoms with E-state index in [9.17, 15) is 4.79 Å². The highest BCUT2D eigenvalue weighted by Crippen LogP contribution is 2.33. The van der Waals surface area contributed by atoms with E-state index in [0.29, 0.717) is 24.6 Å². The first-order valence-electron chi connectivity index (χ1n) is 10.3. The summed E-state index contributed by atoms with van der Waals surface area (Å²) < 4.78 is 6.07. The predicted octanol–water partition coefficient (Wildman–Crippen LogP) is 2.94. The first kappa shape index (κ1) is 22.2. The lowest BCUT2D eigenvalue weighted by molar-refractivity contribution is -0.0835. The molecule has 2 atom stereocenters. The van der Waals surface area contributed by atoms with Gasteiger partial charge in [0.15, 0.2) is 5.96 Å². The largest absolute Gasteiger partial charge is 0.377 e. The number of ether oxygens (including phenoxy) is 1. The zero-order chi connectivity index (χ0) is 20.6. The van der Waals surface area contributed by atoms with Gasteiger partial charge in [0.25, 0.3) is 5.91 Å². The van der Waals surface area contributed by atoms with Crippen molar-refractivity contribution >= 4 is 11.9 Å². The van der Waals surface area contributed by atoms with Gasteiger partial charge in [-0.2, -0.15) is 0 Å². The molecule has 1 aliphatic rings. The molecule has 1 aromatic carbocycles. The molecule has 0 saturated carbocycles. The average molecular weight is 389 g/mol. The Hall–Kier alpha value is -2.08. The molecular weight excluding hydrogens is 352 g/mol. The van der Waals surface area contributed by atoms with Gasteiger partial charge >= 0.3 is 0 Å². The minimum atomic E-state index is -0.0393. The highest BCUT2D eigenvalue weighted by atomic mass is 16.5. The summed E-state index contributed by atoms with van der Waals surface area (Å²) in [7, 11) is 1.78. The average Bonchev–Trinajstić information content (AvgIpc) is 2.68. The van der Waals surface area contributed by atoms with Gasteiger partial charge in [0.1, 0.15) is 0 Å². The van der Waals surface area contributed by atoms with Crippen LogP contribution in [0.15, 0.2) is 29.3 Å². The Bertz CT molecular complexity index is 649. The van der Waals surface area contributed by atoms with Crippen molar-refractivity contribution in [2.45, 2.75) is 53.2 Å². The van der Waals surface area contributed by atoms with Crippen molar-refractivity contribution in [3.8, 4) is 0 Å². The number of carbonyl (C=O) groups is 1. The molecule has 1 amide bonds. The standard InChI is InChI=1S/C22H36N4O2/c1-6-24-20(27)17-11-9-16(10-12-17)14-25-21(23-5)26-15-18-8-7-13-28-19(18)22(2,3)4/h9-12,18-19H,6-8,13-15H2,1-5H3,(H,24,27)(H2,23,25,26). The fourth-order valence-electron chi connectivity index (χ4n) is 3.68. The lowest BCUT2D eigenvalue weighted by Crippen LogP contribution is -2.47. The molecule has 1 saturated heterocycles. The van der Waals surface area contributed by atoms with Crippen molar-refractivity contribution in [1.29, 1.82) is 0 Å². The lowest BCUT2D eigenvalue weighted by Gasteiger charge is -2.40. The lowest BCUT2D eigenvalue weighted by atomic mass is 9.78. The van der Waals surface area contributed by atoms with E-state index in [1.807, 2.05) is 31.2 Å². The van der Waals surface area contributed by atoms with Crippen LogP contribution in [0.3, 0.4) is 0 Å². The van der Waals surface area contributed by atoms with E-state index in [1.54, 1.807) is 7.05 Å². The summed E-state index contributed by atoms with van der Waals surface area (Å²) in [6, 6.07) is 7.64. The van der Waals surface area contributed by atoms with E-state index in [0.717, 1.165) is 31.1 Å². The van der Waals surface area contributed by atoms with Crippen LogP contribution < -0.4 is 16.0 Å². The Morgan fingerprint density at radius 1 is 1.18 bits per heavy atom. The number of nitrogens with one attached hydrogen (secondary N) is 3. The smallest absolute Gasteiger partial charge is 0.251 e. The molecule has 0 spiro atoms. The fourth-order valence-corrected chi connectivity index (χ4v) is 3.68. The maximum atomic E-state index is 11.8. The summed E-state index contributed by atoms with van der Waals surface area (Å²) in [4.78, 5) is 16.2. The summed E-state index contributed by atoms with van der Waals surface area (Å²) in [6.45, 7) is 11.6. The first-order valence-corrected chi connectivity index (χ1v) is 10.3. The van der Waals surface area contributed by atoms with E-state index >= 15 is 0 Å². The molecule has 1 aromatic rings. The number of hydrogen-bond acceptors (Lipinski definition) is 3. The first-order chi connectivity index (χ1) is 13.3. The van der Waals surface area contributed by atoms with Crippen molar-refractivity contribution < 1.29 is 9.53 Å². The van der Waals surface area contributed by atoms with Gasteiger partial charge in [-0.1, -0.05) is 32.9 Å². The molecule has 3 N–H and O–H groups in total. The molecule has 2 rings (SSSR count). The number of hydrogen-bond donors (Lipinski definition) is 3. The molecule has 1 aliphatic heterocycles. The van der Waals surface area contributed by atoms with E-state index in [2.05, 4.69) is 41.7 Å². The zero-order valence-corrected chi connectivity index (χ0v) is 18.0. The second-order valence-electron chi connectivity index (χ2n) is 8.42. The maximum absolute atomic E-state index is 11.8. The highest BCUT2D eigenvalue weighted by Gasteiger charge is 2.35. The van der Waals surface area contributed by atoms with Crippen LogP contribution in [0.2, 0.25) is 0 Å². The number of rotatable bonds is 6. The topological polar surface area (TPSA) is 74.8 Å². The molecule has 0 aromatic heterocycles. The number of nitrogens with zero attached hydrogens (tertiary/aromatic N) is 1. The molecule has 0 radical (unpaired) electrons. The van der Waals surface area contributed by atoms with Crippen LogP contribution in [-0.2, 0) is 11.3 Å². The van der Waals surface area contributed by atoms with Crippen molar-refractivity contribution in [2.75, 3.05) is 26.7 Å². The van der Waals surface area contributed by atoms with Crippen LogP contribution in [0, 0.1) is 11.3 Å². The Morgan fingerprint density at radius 2 is 1.89 bits per heavy atom. The number of benzene rings is 1. The van der Waals surface area contributed by atoms with E-state index < -0.39 is 0 Å². The second-order valence-corrected chi connectivity index (χ2v) is 8.42. The van der Waals surface area contributed by atoms with Gasteiger partial charge in [-0.05, 0) is 42.9 Å². The summed E-state index contributed by atoms with van der Waals surface area (Å²) >= 11 is 0. The highest BCUT2D eigenvalue weighted by molar-refractivity contribution is 5.94. The maximum Gasteiger partial charge on any atom is 0.251 e. The third kappa shape index (κ3) is 6.51. The van der Waals surface area contributed by atoms with Gasteiger partial charge in [-0.3, -0.25) is 9.79 Å². The van der Waals surface area contributed by atoms with Crippen LogP contribution >= 0.6 is 0 Å². The van der Waals surface area contributed by atoms with Crippen molar-refractivity contribution in [1.82, 2.24) is 16.0 Å². The van der Waals surface area contributed by atoms with E-state index in [-0.39, 0.29) is 17.4 Å². The normalized spacial score (nSPS) is 20.5. The van der Waals surface area contributed by atoms with Gasteiger partial charge in [0.2, 0.25) is 0 Å². The minimum Gasteiger partial charge on any atom is -0.377 e. The third-order valence-electron chi connectivity index (χ3n) is 5.07. The molecule has 2 unspecified atom stereocenters. The monoisotopic (exact) mass is 388 g/mol. The van der Waals surface area contributed by atoms with Gasteiger partial charge in [0, 0.05) is 44.8 Å². The Balaban J connectivity index is 1.85. The van der Waals surface area contributed by atoms with E-state index in [4.69, 9.17) is 4.74 Å². The van der Waals surface area contributed by atoms with Gasteiger partial charge < -0.3 is 20.7 Å². The van der Waals surface area contributed by atoms with Crippen LogP contribution in [0.25, 0.3) is 0 Å². The van der Waals surface area contributed by atoms with Gasteiger partial charge in [-0.15, -0.1) is 0 Å². The van der Waals surface area contributed by atoms with Crippen LogP contribution in [0.1, 0.15) is 56.5 Å². The fraction of sp³-hybridized carbons (Fsp3) is 0.636. The Morgan fingerprint density at radius 3 is 2.50 bits per heavy atom. The minimum absolute atomic E-state index is 0.0393. The van der Waals surface area contributed by atoms with Crippen molar-refractivity contribution in [3.63, 3.8) is 0 Å². The second kappa shape index (κ2) is 10.5. The molecule has 0 bridgehead atoms. The van der Waals surface area contributed by atoms with Crippen LogP contribution in [-0.4, -0.2) is 44.7 Å². The van der Waals surface area contributed by atoms with Gasteiger partial charge in [0.05, 0.1) is 6.10 Å². The zero-order valence-electron chi connectivity index (χ0n) is 18.0. The summed E-state index contributed by atoms with van der Waals surface area (Å²) in [5.41, 5.74) is 1.92. The molecular formula is C22H36N4O2. The Labute approximate surface area is 169 Å². The molecule has 6 heteroatoms. The molecule has 28 heavy (non-hydrogen) atoms. The number of amides is 1. The van der Waals surface area contributed by atoms with Crippen molar-refractivity contribution in [2.24, 2.45) is 16.3 Å². The molecule has 0 aliphatic carbocycles. The molecule has 156 valence electrons. The van der Waals surface area contributed by atoms with Gasteiger partial charge in [-0.25, -0.2) is 0 Å². The summed E-state index contributed by atoms with van der Waals surface area (Å²) in [5, 5.41) is 9.61. The summed E-state index contributed by atoms with van der Waals surface area (Å²) in [5.74, 6) is 1.22. The van der Waals surface area contributed by atoms with Crippen molar-refractivity contribution in [3.05, 3.63) is 35.4 Å². The van der Waals surface area contributed by atoms with E-state index in [1.165, 1.54) is 6.42 Å². The molecule has 6 nitrogen and oxygen atoms in total. The predicted molar refractivity (Wildman–Crippen MR) is 115 cm³/mol. The molecule has 1 heterocycles. The quantitative estimate of drug-likeness (QED) is 0.517. The van der Waals surface area contributed by atoms with Crippen LogP contribution in [0.4, 0.5) is 0 Å². The molecule has 1 fully saturated rings. The Kier molecular flexibility index (Phi) is 8.30. The number of guanidine groups is 1. The van der Waals surface area contributed by atoms with Crippen LogP contribution in [0.5, 0.6) is 0 Å². The SMILES string of the molecule is CCNC(=O)c1ccc(CNC(=NC)NCC2CCCOC2C(C)(C)C)cc1. The summed E-state index contributed by atoms with van der Waals surface area (Å²) in [6.07, 6.45) is 2.55. The third-order valence-corrected chi connectivity index (χ3v) is 5.07.